The van der Waals surface area contributed by atoms with Gasteiger partial charge in [0, 0.05) is 10.2 Å². The van der Waals surface area contributed by atoms with Crippen molar-refractivity contribution in [2.75, 3.05) is 5.32 Å². The molecule has 22 heavy (non-hydrogen) atoms. The van der Waals surface area contributed by atoms with Crippen molar-refractivity contribution in [2.45, 2.75) is 20.0 Å². The minimum atomic E-state index is -0.882. The van der Waals surface area contributed by atoms with Crippen molar-refractivity contribution in [1.29, 1.82) is 0 Å². The number of anilines is 1. The molecular formula is C17H16BrNO3. The molecule has 0 radical (unpaired) electrons. The zero-order valence-electron chi connectivity index (χ0n) is 12.3. The summed E-state index contributed by atoms with van der Waals surface area (Å²) in [4.78, 5) is 24.0. The maximum absolute atomic E-state index is 12.0. The van der Waals surface area contributed by atoms with Gasteiger partial charge in [-0.05, 0) is 44.2 Å². The van der Waals surface area contributed by atoms with Gasteiger partial charge in [0.15, 0.2) is 6.10 Å². The molecule has 2 aromatic carbocycles. The Morgan fingerprint density at radius 2 is 1.82 bits per heavy atom. The van der Waals surface area contributed by atoms with Crippen molar-refractivity contribution in [2.24, 2.45) is 0 Å². The van der Waals surface area contributed by atoms with Crippen LogP contribution in [0.1, 0.15) is 22.8 Å². The highest BCUT2D eigenvalue weighted by molar-refractivity contribution is 9.10. The zero-order chi connectivity index (χ0) is 16.1. The number of esters is 1. The van der Waals surface area contributed by atoms with Gasteiger partial charge < -0.3 is 10.1 Å². The third kappa shape index (κ3) is 4.43. The highest BCUT2D eigenvalue weighted by Crippen LogP contribution is 2.14. The number of rotatable bonds is 4. The fourth-order valence-electron chi connectivity index (χ4n) is 1.78. The molecule has 5 heteroatoms. The largest absolute Gasteiger partial charge is 0.449 e. The SMILES string of the molecule is Cc1ccc(NC(=O)[C@@H](C)OC(=O)c2cccc(Br)c2)cc1. The van der Waals surface area contributed by atoms with Crippen LogP contribution < -0.4 is 5.32 Å². The summed E-state index contributed by atoms with van der Waals surface area (Å²) < 4.78 is 5.95. The normalized spacial score (nSPS) is 11.6. The lowest BCUT2D eigenvalue weighted by molar-refractivity contribution is -0.123. The zero-order valence-corrected chi connectivity index (χ0v) is 13.9. The fourth-order valence-corrected chi connectivity index (χ4v) is 2.18. The van der Waals surface area contributed by atoms with Crippen LogP contribution >= 0.6 is 15.9 Å². The molecule has 0 spiro atoms. The Hall–Kier alpha value is -2.14. The fraction of sp³-hybridized carbons (Fsp3) is 0.176. The predicted octanol–water partition coefficient (Wildman–Crippen LogP) is 3.94. The number of halogens is 1. The van der Waals surface area contributed by atoms with E-state index in [1.165, 1.54) is 0 Å². The molecule has 1 N–H and O–H groups in total. The summed E-state index contributed by atoms with van der Waals surface area (Å²) in [5, 5.41) is 2.71. The summed E-state index contributed by atoms with van der Waals surface area (Å²) in [6, 6.07) is 14.2. The third-order valence-electron chi connectivity index (χ3n) is 3.03. The molecule has 0 fully saturated rings. The Kier molecular flexibility index (Phi) is 5.33. The summed E-state index contributed by atoms with van der Waals surface area (Å²) in [6.45, 7) is 3.51. The molecule has 1 atom stereocenters. The average Bonchev–Trinajstić information content (AvgIpc) is 2.49. The average molecular weight is 362 g/mol. The Morgan fingerprint density at radius 1 is 1.14 bits per heavy atom. The van der Waals surface area contributed by atoms with Crippen molar-refractivity contribution < 1.29 is 14.3 Å². The third-order valence-corrected chi connectivity index (χ3v) is 3.53. The molecule has 0 aliphatic rings. The number of amides is 1. The van der Waals surface area contributed by atoms with Crippen molar-refractivity contribution in [3.05, 3.63) is 64.1 Å². The summed E-state index contributed by atoms with van der Waals surface area (Å²) in [7, 11) is 0. The highest BCUT2D eigenvalue weighted by Gasteiger charge is 2.19. The quantitative estimate of drug-likeness (QED) is 0.839. The van der Waals surface area contributed by atoms with Crippen LogP contribution in [0.4, 0.5) is 5.69 Å². The summed E-state index contributed by atoms with van der Waals surface area (Å²) in [5.41, 5.74) is 2.16. The molecule has 4 nitrogen and oxygen atoms in total. The Labute approximate surface area is 137 Å². The Balaban J connectivity index is 1.96. The lowest BCUT2D eigenvalue weighted by Gasteiger charge is -2.13. The molecule has 0 unspecified atom stereocenters. The Morgan fingerprint density at radius 3 is 2.45 bits per heavy atom. The first-order valence-electron chi connectivity index (χ1n) is 6.80. The smallest absolute Gasteiger partial charge is 0.338 e. The van der Waals surface area contributed by atoms with E-state index in [2.05, 4.69) is 21.2 Å². The molecule has 0 aromatic heterocycles. The van der Waals surface area contributed by atoms with Crippen LogP contribution in [0.2, 0.25) is 0 Å². The van der Waals surface area contributed by atoms with E-state index in [-0.39, 0.29) is 5.91 Å². The molecule has 0 aliphatic heterocycles. The molecule has 0 saturated carbocycles. The van der Waals surface area contributed by atoms with E-state index < -0.39 is 12.1 Å². The van der Waals surface area contributed by atoms with Crippen LogP contribution in [0, 0.1) is 6.92 Å². The molecule has 2 rings (SSSR count). The molecule has 1 amide bonds. The van der Waals surface area contributed by atoms with Crippen LogP contribution in [-0.4, -0.2) is 18.0 Å². The molecule has 0 heterocycles. The maximum atomic E-state index is 12.0. The van der Waals surface area contributed by atoms with Crippen molar-refractivity contribution in [3.8, 4) is 0 Å². The standard InChI is InChI=1S/C17H16BrNO3/c1-11-6-8-15(9-7-11)19-16(20)12(2)22-17(21)13-4-3-5-14(18)10-13/h3-10,12H,1-2H3,(H,19,20)/t12-/m1/s1. The Bertz CT molecular complexity index is 683. The second kappa shape index (κ2) is 7.22. The number of carbonyl (C=O) groups excluding carboxylic acids is 2. The van der Waals surface area contributed by atoms with E-state index >= 15 is 0 Å². The van der Waals surface area contributed by atoms with Crippen molar-refractivity contribution in [3.63, 3.8) is 0 Å². The first-order valence-corrected chi connectivity index (χ1v) is 7.59. The molecule has 2 aromatic rings. The maximum Gasteiger partial charge on any atom is 0.338 e. The van der Waals surface area contributed by atoms with E-state index in [0.29, 0.717) is 11.3 Å². The first-order chi connectivity index (χ1) is 10.5. The van der Waals surface area contributed by atoms with E-state index in [0.717, 1.165) is 10.0 Å². The van der Waals surface area contributed by atoms with E-state index in [1.807, 2.05) is 25.1 Å². The van der Waals surface area contributed by atoms with Gasteiger partial charge in [0.2, 0.25) is 0 Å². The van der Waals surface area contributed by atoms with Crippen molar-refractivity contribution in [1.82, 2.24) is 0 Å². The van der Waals surface area contributed by atoms with E-state index in [9.17, 15) is 9.59 Å². The number of aryl methyl sites for hydroxylation is 1. The number of hydrogen-bond donors (Lipinski definition) is 1. The number of carbonyl (C=O) groups is 2. The van der Waals surface area contributed by atoms with Gasteiger partial charge in [0.1, 0.15) is 0 Å². The van der Waals surface area contributed by atoms with Crippen LogP contribution in [0.15, 0.2) is 53.0 Å². The van der Waals surface area contributed by atoms with Gasteiger partial charge in [-0.2, -0.15) is 0 Å². The minimum absolute atomic E-state index is 0.368. The number of nitrogens with one attached hydrogen (secondary N) is 1. The number of ether oxygens (including phenoxy) is 1. The van der Waals surface area contributed by atoms with Gasteiger partial charge in [-0.3, -0.25) is 4.79 Å². The second-order valence-corrected chi connectivity index (χ2v) is 5.83. The minimum Gasteiger partial charge on any atom is -0.449 e. The molecular weight excluding hydrogens is 346 g/mol. The van der Waals surface area contributed by atoms with Gasteiger partial charge >= 0.3 is 5.97 Å². The van der Waals surface area contributed by atoms with Gasteiger partial charge in [-0.15, -0.1) is 0 Å². The highest BCUT2D eigenvalue weighted by atomic mass is 79.9. The van der Waals surface area contributed by atoms with Gasteiger partial charge in [0.25, 0.3) is 5.91 Å². The van der Waals surface area contributed by atoms with E-state index in [4.69, 9.17) is 4.74 Å². The first kappa shape index (κ1) is 16.2. The second-order valence-electron chi connectivity index (χ2n) is 4.91. The summed E-state index contributed by atoms with van der Waals surface area (Å²) >= 11 is 3.29. The van der Waals surface area contributed by atoms with Crippen LogP contribution in [0.5, 0.6) is 0 Å². The molecule has 114 valence electrons. The van der Waals surface area contributed by atoms with Gasteiger partial charge in [0.05, 0.1) is 5.56 Å². The van der Waals surface area contributed by atoms with Crippen LogP contribution in [-0.2, 0) is 9.53 Å². The lowest BCUT2D eigenvalue weighted by atomic mass is 10.2. The van der Waals surface area contributed by atoms with Crippen LogP contribution in [0.25, 0.3) is 0 Å². The monoisotopic (exact) mass is 361 g/mol. The molecule has 0 aliphatic carbocycles. The molecule has 0 saturated heterocycles. The molecule has 0 bridgehead atoms. The predicted molar refractivity (Wildman–Crippen MR) is 88.8 cm³/mol. The summed E-state index contributed by atoms with van der Waals surface area (Å²) in [6.07, 6.45) is -0.882. The van der Waals surface area contributed by atoms with Gasteiger partial charge in [-0.1, -0.05) is 39.7 Å². The number of benzene rings is 2. The van der Waals surface area contributed by atoms with Crippen molar-refractivity contribution >= 4 is 33.5 Å². The topological polar surface area (TPSA) is 55.4 Å². The van der Waals surface area contributed by atoms with Gasteiger partial charge in [-0.25, -0.2) is 4.79 Å². The van der Waals surface area contributed by atoms with Crippen LogP contribution in [0.3, 0.4) is 0 Å². The summed E-state index contributed by atoms with van der Waals surface area (Å²) in [5.74, 6) is -0.903. The number of hydrogen-bond acceptors (Lipinski definition) is 3. The van der Waals surface area contributed by atoms with E-state index in [1.54, 1.807) is 37.3 Å². The lowest BCUT2D eigenvalue weighted by Crippen LogP contribution is -2.30.